The highest BCUT2D eigenvalue weighted by Gasteiger charge is 2.25. The van der Waals surface area contributed by atoms with Gasteiger partial charge in [0.1, 0.15) is 5.82 Å². The summed E-state index contributed by atoms with van der Waals surface area (Å²) in [6.45, 7) is 8.76. The zero-order chi connectivity index (χ0) is 14.8. The van der Waals surface area contributed by atoms with Crippen LogP contribution in [0.1, 0.15) is 38.8 Å². The fraction of sp³-hybridized carbons (Fsp3) is 0.625. The standard InChI is InChI=1S/C16H25FN2S/c1-12(18-4)14-11-13(17)5-6-15(14)19-8-7-16(2,3)20-10-9-19/h5-6,11-12,18H,7-10H2,1-4H3. The van der Waals surface area contributed by atoms with E-state index in [-0.39, 0.29) is 11.9 Å². The molecule has 1 heterocycles. The van der Waals surface area contributed by atoms with Crippen LogP contribution in [0.2, 0.25) is 0 Å². The van der Waals surface area contributed by atoms with Gasteiger partial charge in [0.25, 0.3) is 0 Å². The van der Waals surface area contributed by atoms with Gasteiger partial charge < -0.3 is 10.2 Å². The SMILES string of the molecule is CNC(C)c1cc(F)ccc1N1CCSC(C)(C)CC1. The molecule has 0 aromatic heterocycles. The summed E-state index contributed by atoms with van der Waals surface area (Å²) in [5.74, 6) is 0.966. The van der Waals surface area contributed by atoms with E-state index >= 15 is 0 Å². The molecule has 0 spiro atoms. The average Bonchev–Trinajstić information content (AvgIpc) is 2.59. The number of benzene rings is 1. The van der Waals surface area contributed by atoms with Crippen LogP contribution in [-0.4, -0.2) is 30.6 Å². The quantitative estimate of drug-likeness (QED) is 0.912. The van der Waals surface area contributed by atoms with E-state index < -0.39 is 0 Å². The van der Waals surface area contributed by atoms with Gasteiger partial charge in [0.05, 0.1) is 0 Å². The minimum absolute atomic E-state index is 0.157. The lowest BCUT2D eigenvalue weighted by Gasteiger charge is -2.28. The minimum Gasteiger partial charge on any atom is -0.370 e. The number of hydrogen-bond donors (Lipinski definition) is 1. The summed E-state index contributed by atoms with van der Waals surface area (Å²) in [6.07, 6.45) is 1.16. The zero-order valence-corrected chi connectivity index (χ0v) is 13.7. The number of anilines is 1. The van der Waals surface area contributed by atoms with Crippen LogP contribution in [-0.2, 0) is 0 Å². The number of nitrogens with zero attached hydrogens (tertiary/aromatic N) is 1. The molecular formula is C16H25FN2S. The molecule has 0 amide bonds. The first-order chi connectivity index (χ1) is 9.43. The monoisotopic (exact) mass is 296 g/mol. The Hall–Kier alpha value is -0.740. The Labute approximate surface area is 126 Å². The molecule has 1 aromatic rings. The number of hydrogen-bond acceptors (Lipinski definition) is 3. The molecule has 1 aliphatic rings. The normalized spacial score (nSPS) is 20.6. The smallest absolute Gasteiger partial charge is 0.123 e. The number of thioether (sulfide) groups is 1. The molecule has 1 aromatic carbocycles. The van der Waals surface area contributed by atoms with Crippen LogP contribution < -0.4 is 10.2 Å². The van der Waals surface area contributed by atoms with Crippen LogP contribution in [0.5, 0.6) is 0 Å². The largest absolute Gasteiger partial charge is 0.370 e. The van der Waals surface area contributed by atoms with Gasteiger partial charge in [-0.2, -0.15) is 11.8 Å². The van der Waals surface area contributed by atoms with Crippen molar-refractivity contribution < 1.29 is 4.39 Å². The van der Waals surface area contributed by atoms with Crippen molar-refractivity contribution in [3.05, 3.63) is 29.6 Å². The molecule has 1 saturated heterocycles. The van der Waals surface area contributed by atoms with Gasteiger partial charge >= 0.3 is 0 Å². The van der Waals surface area contributed by atoms with E-state index in [2.05, 4.69) is 31.0 Å². The molecule has 0 saturated carbocycles. The third-order valence-corrected chi connectivity index (χ3v) is 5.44. The Bertz CT molecular complexity index is 462. The lowest BCUT2D eigenvalue weighted by Crippen LogP contribution is -2.29. The zero-order valence-electron chi connectivity index (χ0n) is 12.9. The fourth-order valence-corrected chi connectivity index (χ4v) is 3.68. The summed E-state index contributed by atoms with van der Waals surface area (Å²) in [6, 6.07) is 5.33. The molecule has 1 aliphatic heterocycles. The maximum atomic E-state index is 13.6. The molecule has 112 valence electrons. The van der Waals surface area contributed by atoms with Crippen molar-refractivity contribution >= 4 is 17.4 Å². The van der Waals surface area contributed by atoms with Crippen molar-refractivity contribution in [3.63, 3.8) is 0 Å². The van der Waals surface area contributed by atoms with E-state index in [0.717, 1.165) is 30.8 Å². The van der Waals surface area contributed by atoms with E-state index in [1.165, 1.54) is 5.69 Å². The van der Waals surface area contributed by atoms with E-state index in [0.29, 0.717) is 4.75 Å². The van der Waals surface area contributed by atoms with Gasteiger partial charge in [0.15, 0.2) is 0 Å². The molecule has 1 fully saturated rings. The van der Waals surface area contributed by atoms with Crippen molar-refractivity contribution in [1.29, 1.82) is 0 Å². The molecule has 4 heteroatoms. The van der Waals surface area contributed by atoms with Gasteiger partial charge in [-0.25, -0.2) is 4.39 Å². The Kier molecular flexibility index (Phi) is 4.97. The van der Waals surface area contributed by atoms with Crippen molar-refractivity contribution in [2.24, 2.45) is 0 Å². The second-order valence-corrected chi connectivity index (χ2v) is 7.86. The fourth-order valence-electron chi connectivity index (χ4n) is 2.58. The van der Waals surface area contributed by atoms with Gasteiger partial charge in [0, 0.05) is 35.3 Å². The second-order valence-electron chi connectivity index (χ2n) is 6.06. The number of nitrogens with one attached hydrogen (secondary N) is 1. The molecule has 0 radical (unpaired) electrons. The number of halogens is 1. The molecule has 1 atom stereocenters. The first kappa shape index (κ1) is 15.6. The molecule has 0 bridgehead atoms. The lowest BCUT2D eigenvalue weighted by atomic mass is 10.0. The first-order valence-corrected chi connectivity index (χ1v) is 8.27. The molecule has 0 aliphatic carbocycles. The van der Waals surface area contributed by atoms with Gasteiger partial charge in [0.2, 0.25) is 0 Å². The predicted molar refractivity (Wildman–Crippen MR) is 87.2 cm³/mol. The lowest BCUT2D eigenvalue weighted by molar-refractivity contribution is 0.601. The minimum atomic E-state index is -0.157. The summed E-state index contributed by atoms with van der Waals surface area (Å²) in [5, 5.41) is 3.22. The van der Waals surface area contributed by atoms with E-state index in [9.17, 15) is 4.39 Å². The van der Waals surface area contributed by atoms with Gasteiger partial charge in [-0.3, -0.25) is 0 Å². The first-order valence-electron chi connectivity index (χ1n) is 7.28. The van der Waals surface area contributed by atoms with E-state index in [1.54, 1.807) is 12.1 Å². The van der Waals surface area contributed by atoms with Gasteiger partial charge in [-0.1, -0.05) is 13.8 Å². The van der Waals surface area contributed by atoms with Crippen LogP contribution in [0.3, 0.4) is 0 Å². The van der Waals surface area contributed by atoms with Crippen molar-refractivity contribution in [3.8, 4) is 0 Å². The maximum Gasteiger partial charge on any atom is 0.123 e. The third-order valence-electron chi connectivity index (χ3n) is 4.07. The summed E-state index contributed by atoms with van der Waals surface area (Å²) in [7, 11) is 1.92. The van der Waals surface area contributed by atoms with Crippen LogP contribution in [0.4, 0.5) is 10.1 Å². The second kappa shape index (κ2) is 6.35. The summed E-state index contributed by atoms with van der Waals surface area (Å²) >= 11 is 2.03. The van der Waals surface area contributed by atoms with Crippen LogP contribution in [0, 0.1) is 5.82 Å². The average molecular weight is 296 g/mol. The Morgan fingerprint density at radius 2 is 2.10 bits per heavy atom. The van der Waals surface area contributed by atoms with Crippen molar-refractivity contribution in [1.82, 2.24) is 5.32 Å². The molecule has 1 N–H and O–H groups in total. The highest BCUT2D eigenvalue weighted by atomic mass is 32.2. The van der Waals surface area contributed by atoms with Crippen LogP contribution in [0.25, 0.3) is 0 Å². The Morgan fingerprint density at radius 1 is 1.35 bits per heavy atom. The number of rotatable bonds is 3. The van der Waals surface area contributed by atoms with E-state index in [1.807, 2.05) is 24.9 Å². The molecule has 2 rings (SSSR count). The molecule has 20 heavy (non-hydrogen) atoms. The highest BCUT2D eigenvalue weighted by molar-refractivity contribution is 8.00. The maximum absolute atomic E-state index is 13.6. The summed E-state index contributed by atoms with van der Waals surface area (Å²) in [4.78, 5) is 2.41. The molecule has 1 unspecified atom stereocenters. The van der Waals surface area contributed by atoms with Crippen LogP contribution >= 0.6 is 11.8 Å². The molecule has 2 nitrogen and oxygen atoms in total. The van der Waals surface area contributed by atoms with Crippen molar-refractivity contribution in [2.45, 2.75) is 38.0 Å². The Balaban J connectivity index is 2.27. The van der Waals surface area contributed by atoms with Crippen LogP contribution in [0.15, 0.2) is 18.2 Å². The van der Waals surface area contributed by atoms with Crippen molar-refractivity contribution in [2.75, 3.05) is 30.8 Å². The summed E-state index contributed by atoms with van der Waals surface area (Å²) < 4.78 is 13.9. The topological polar surface area (TPSA) is 15.3 Å². The van der Waals surface area contributed by atoms with Gasteiger partial charge in [-0.05, 0) is 44.2 Å². The predicted octanol–water partition coefficient (Wildman–Crippen LogP) is 3.83. The highest BCUT2D eigenvalue weighted by Crippen LogP contribution is 2.34. The Morgan fingerprint density at radius 3 is 2.80 bits per heavy atom. The van der Waals surface area contributed by atoms with Gasteiger partial charge in [-0.15, -0.1) is 0 Å². The molecular weight excluding hydrogens is 271 g/mol. The third kappa shape index (κ3) is 3.67. The van der Waals surface area contributed by atoms with E-state index in [4.69, 9.17) is 0 Å². The summed E-state index contributed by atoms with van der Waals surface area (Å²) in [5.41, 5.74) is 2.23.